The van der Waals surface area contributed by atoms with Crippen LogP contribution in [-0.2, 0) is 6.54 Å². The van der Waals surface area contributed by atoms with E-state index >= 15 is 0 Å². The number of aliphatic hydroxyl groups excluding tert-OH is 5. The van der Waals surface area contributed by atoms with Crippen molar-refractivity contribution in [3.63, 3.8) is 0 Å². The average Bonchev–Trinajstić information content (AvgIpc) is 2.84. The van der Waals surface area contributed by atoms with Gasteiger partial charge in [-0.3, -0.25) is 14.7 Å². The van der Waals surface area contributed by atoms with Gasteiger partial charge in [0.05, 0.1) is 30.8 Å². The molecule has 0 amide bonds. The minimum absolute atomic E-state index is 0.0708. The van der Waals surface area contributed by atoms with Crippen LogP contribution in [0.4, 0.5) is 5.69 Å². The highest BCUT2D eigenvalue weighted by Gasteiger charge is 2.28. The Morgan fingerprint density at radius 3 is 2.40 bits per heavy atom. The van der Waals surface area contributed by atoms with Crippen molar-refractivity contribution in [2.45, 2.75) is 31.8 Å². The summed E-state index contributed by atoms with van der Waals surface area (Å²) in [6.07, 6.45) is -4.80. The summed E-state index contributed by atoms with van der Waals surface area (Å²) in [6.45, 7) is 4.54. The maximum Gasteiger partial charge on any atom is 0.349 e. The molecule has 1 aromatic carbocycles. The first-order valence-corrected chi connectivity index (χ1v) is 11.4. The Morgan fingerprint density at radius 1 is 1.03 bits per heavy atom. The molecule has 0 radical (unpaired) electrons. The topological polar surface area (TPSA) is 188 Å². The molecule has 1 aromatic rings. The summed E-state index contributed by atoms with van der Waals surface area (Å²) in [5, 5.41) is 48.9. The summed E-state index contributed by atoms with van der Waals surface area (Å²) in [5.74, 6) is -0.0708. The highest BCUT2D eigenvalue weighted by atomic mass is 16.4. The second-order valence-corrected chi connectivity index (χ2v) is 8.75. The van der Waals surface area contributed by atoms with Gasteiger partial charge < -0.3 is 35.0 Å². The van der Waals surface area contributed by atoms with Gasteiger partial charge in [0.1, 0.15) is 18.3 Å². The van der Waals surface area contributed by atoms with Crippen LogP contribution in [0.5, 0.6) is 0 Å². The normalized spacial score (nSPS) is 17.7. The number of anilines is 1. The van der Waals surface area contributed by atoms with Crippen LogP contribution in [0, 0.1) is 6.92 Å². The first-order chi connectivity index (χ1) is 16.7. The predicted octanol–water partition coefficient (Wildman–Crippen LogP) is -2.92. The van der Waals surface area contributed by atoms with Crippen LogP contribution >= 0.6 is 0 Å². The molecule has 3 heterocycles. The van der Waals surface area contributed by atoms with E-state index < -0.39 is 36.2 Å². The largest absolute Gasteiger partial charge is 0.395 e. The molecular formula is C22H30N6O7. The number of aromatic nitrogens is 4. The smallest absolute Gasteiger partial charge is 0.349 e. The number of H-pyrrole nitrogens is 1. The molecule has 3 atom stereocenters. The molecule has 0 aromatic heterocycles. The number of hydrogen-bond donors (Lipinski definition) is 6. The van der Waals surface area contributed by atoms with Gasteiger partial charge in [-0.1, -0.05) is 0 Å². The summed E-state index contributed by atoms with van der Waals surface area (Å²) in [4.78, 5) is 39.2. The third-order valence-corrected chi connectivity index (χ3v) is 6.40. The van der Waals surface area contributed by atoms with Crippen LogP contribution in [0.25, 0.3) is 22.6 Å². The quantitative estimate of drug-likeness (QED) is 0.178. The highest BCUT2D eigenvalue weighted by molar-refractivity contribution is 5.84. The lowest BCUT2D eigenvalue weighted by Gasteiger charge is -2.36. The summed E-state index contributed by atoms with van der Waals surface area (Å²) < 4.78 is 1.43. The molecule has 1 fully saturated rings. The number of aryl methyl sites for hydroxylation is 1. The van der Waals surface area contributed by atoms with Gasteiger partial charge in [0.25, 0.3) is 5.56 Å². The molecule has 0 bridgehead atoms. The van der Waals surface area contributed by atoms with Gasteiger partial charge in [0, 0.05) is 38.4 Å². The van der Waals surface area contributed by atoms with Gasteiger partial charge in [-0.2, -0.15) is 4.98 Å². The van der Waals surface area contributed by atoms with E-state index in [4.69, 9.17) is 5.11 Å². The first-order valence-electron chi connectivity index (χ1n) is 11.4. The Morgan fingerprint density at radius 2 is 1.74 bits per heavy atom. The monoisotopic (exact) mass is 490 g/mol. The van der Waals surface area contributed by atoms with Crippen LogP contribution in [0.1, 0.15) is 5.56 Å². The summed E-state index contributed by atoms with van der Waals surface area (Å²) in [5.41, 5.74) is 0.983. The van der Waals surface area contributed by atoms with Gasteiger partial charge in [-0.25, -0.2) is 9.78 Å². The van der Waals surface area contributed by atoms with Crippen LogP contribution in [0.2, 0.25) is 0 Å². The van der Waals surface area contributed by atoms with Gasteiger partial charge in [0.15, 0.2) is 11.5 Å². The molecule has 0 unspecified atom stereocenters. The predicted molar refractivity (Wildman–Crippen MR) is 127 cm³/mol. The number of piperazine rings is 1. The van der Waals surface area contributed by atoms with Gasteiger partial charge in [-0.15, -0.1) is 0 Å². The van der Waals surface area contributed by atoms with E-state index in [1.807, 2.05) is 13.0 Å². The molecular weight excluding hydrogens is 460 g/mol. The number of nitrogens with zero attached hydrogens (tertiary/aromatic N) is 5. The fourth-order valence-corrected chi connectivity index (χ4v) is 4.47. The molecule has 190 valence electrons. The van der Waals surface area contributed by atoms with Crippen molar-refractivity contribution in [3.8, 4) is 11.5 Å². The van der Waals surface area contributed by atoms with Crippen molar-refractivity contribution in [1.82, 2.24) is 24.4 Å². The standard InChI is InChI=1S/C22H30N6O7/c1-12-8-13-15(9-14(12)27-4-2-26(3-5-27)6-7-29)28(10-16(31)19(33)17(32)11-30)20-18(23-13)21(34)25-22(35)24-20/h8-9,16-17,19,29-33H,2-7,10-11H2,1H3,(H,25,34,35)/t16-,17+,19-/m0/s1. The van der Waals surface area contributed by atoms with Crippen LogP contribution < -0.4 is 16.1 Å². The van der Waals surface area contributed by atoms with Gasteiger partial charge in [0.2, 0.25) is 0 Å². The number of hydrogen-bond acceptors (Lipinski definition) is 11. The Balaban J connectivity index is 1.84. The lowest BCUT2D eigenvalue weighted by atomic mass is 10.1. The van der Waals surface area contributed by atoms with Crippen LogP contribution in [0.3, 0.4) is 0 Å². The summed E-state index contributed by atoms with van der Waals surface area (Å²) in [6, 6.07) is 3.64. The number of fused-ring (bicyclic) bond motifs is 2. The number of aliphatic hydroxyl groups is 5. The minimum Gasteiger partial charge on any atom is -0.395 e. The minimum atomic E-state index is -1.68. The van der Waals surface area contributed by atoms with E-state index in [-0.39, 0.29) is 24.7 Å². The third kappa shape index (κ3) is 5.05. The molecule has 1 saturated heterocycles. The summed E-state index contributed by atoms with van der Waals surface area (Å²) in [7, 11) is 0. The maximum atomic E-state index is 12.5. The van der Waals surface area contributed by atoms with Crippen molar-refractivity contribution in [2.75, 3.05) is 50.8 Å². The fourth-order valence-electron chi connectivity index (χ4n) is 4.47. The van der Waals surface area contributed by atoms with Crippen molar-refractivity contribution in [1.29, 1.82) is 0 Å². The molecule has 0 aliphatic carbocycles. The van der Waals surface area contributed by atoms with E-state index in [9.17, 15) is 30.0 Å². The molecule has 6 N–H and O–H groups in total. The van der Waals surface area contributed by atoms with E-state index in [0.29, 0.717) is 17.6 Å². The summed E-state index contributed by atoms with van der Waals surface area (Å²) >= 11 is 0. The Hall–Kier alpha value is -2.94. The van der Waals surface area contributed by atoms with Crippen molar-refractivity contribution in [2.24, 2.45) is 0 Å². The highest BCUT2D eigenvalue weighted by Crippen LogP contribution is 2.30. The number of nitrogens with one attached hydrogen (secondary N) is 1. The molecule has 13 heteroatoms. The molecule has 0 saturated carbocycles. The lowest BCUT2D eigenvalue weighted by Crippen LogP contribution is -2.47. The first kappa shape index (κ1) is 25.2. The second kappa shape index (κ2) is 10.4. The number of benzene rings is 1. The number of β-amino-alcohol motifs (C(OH)–C–C–N with tert-alkyl or cyclic N) is 1. The molecule has 3 aliphatic rings. The lowest BCUT2D eigenvalue weighted by molar-refractivity contribution is -0.0802. The van der Waals surface area contributed by atoms with E-state index in [0.717, 1.165) is 37.4 Å². The molecule has 3 aliphatic heterocycles. The zero-order valence-corrected chi connectivity index (χ0v) is 19.3. The Labute approximate surface area is 199 Å². The molecule has 13 nitrogen and oxygen atoms in total. The zero-order valence-electron chi connectivity index (χ0n) is 19.3. The number of rotatable bonds is 8. The zero-order chi connectivity index (χ0) is 25.3. The van der Waals surface area contributed by atoms with E-state index in [1.54, 1.807) is 6.07 Å². The van der Waals surface area contributed by atoms with Gasteiger partial charge in [-0.05, 0) is 24.6 Å². The molecule has 4 rings (SSSR count). The van der Waals surface area contributed by atoms with E-state index in [2.05, 4.69) is 24.8 Å². The average molecular weight is 491 g/mol. The van der Waals surface area contributed by atoms with Crippen LogP contribution in [-0.4, -0.2) is 114 Å². The SMILES string of the molecule is Cc1cc2nc3c(=O)[nH]c(=O)nc-3n(C[C@H](O)[C@H](O)[C@H](O)CO)c2cc1N1CCN(CCO)CC1. The van der Waals surface area contributed by atoms with Gasteiger partial charge >= 0.3 is 5.69 Å². The Kier molecular flexibility index (Phi) is 7.44. The second-order valence-electron chi connectivity index (χ2n) is 8.75. The third-order valence-electron chi connectivity index (χ3n) is 6.40. The Bertz CT molecular complexity index is 1270. The van der Waals surface area contributed by atoms with Crippen molar-refractivity contribution in [3.05, 3.63) is 38.5 Å². The maximum absolute atomic E-state index is 12.5. The van der Waals surface area contributed by atoms with Crippen molar-refractivity contribution >= 4 is 16.7 Å². The molecule has 0 spiro atoms. The van der Waals surface area contributed by atoms with Crippen LogP contribution in [0.15, 0.2) is 21.7 Å². The van der Waals surface area contributed by atoms with E-state index in [1.165, 1.54) is 4.57 Å². The molecule has 35 heavy (non-hydrogen) atoms. The van der Waals surface area contributed by atoms with Crippen molar-refractivity contribution < 1.29 is 25.5 Å². The number of aromatic amines is 1. The fraction of sp³-hybridized carbons (Fsp3) is 0.545.